The van der Waals surface area contributed by atoms with Gasteiger partial charge in [0.05, 0.1) is 17.6 Å². The van der Waals surface area contributed by atoms with Gasteiger partial charge < -0.3 is 9.55 Å². The molecule has 14 heavy (non-hydrogen) atoms. The zero-order chi connectivity index (χ0) is 10.1. The number of para-hydroxylation sites is 2. The molecule has 0 bridgehead atoms. The predicted molar refractivity (Wildman–Crippen MR) is 65.2 cm³/mol. The van der Waals surface area contributed by atoms with Crippen molar-refractivity contribution in [3.8, 4) is 0 Å². The van der Waals surface area contributed by atoms with Crippen LogP contribution in [-0.4, -0.2) is 9.55 Å². The van der Waals surface area contributed by atoms with Gasteiger partial charge in [-0.05, 0) is 24.4 Å². The Morgan fingerprint density at radius 2 is 2.21 bits per heavy atom. The number of imidazole rings is 1. The molecule has 0 spiro atoms. The number of benzene rings is 1. The van der Waals surface area contributed by atoms with Crippen molar-refractivity contribution in [1.82, 2.24) is 9.55 Å². The molecule has 0 amide bonds. The van der Waals surface area contributed by atoms with E-state index in [1.807, 2.05) is 28.8 Å². The summed E-state index contributed by atoms with van der Waals surface area (Å²) in [5.41, 5.74) is 2.17. The van der Waals surface area contributed by atoms with E-state index in [2.05, 4.69) is 27.5 Å². The van der Waals surface area contributed by atoms with Crippen LogP contribution < -0.4 is 0 Å². The molecule has 0 radical (unpaired) electrons. The summed E-state index contributed by atoms with van der Waals surface area (Å²) >= 11 is 8.56. The number of allylic oxidation sites excluding steroid dienone is 1. The zero-order valence-electron chi connectivity index (χ0n) is 7.46. The molecule has 0 aliphatic rings. The van der Waals surface area contributed by atoms with Crippen LogP contribution in [0.5, 0.6) is 0 Å². The number of nitrogens with one attached hydrogen (secondary N) is 1. The summed E-state index contributed by atoms with van der Waals surface area (Å²) in [4.78, 5) is 3.15. The van der Waals surface area contributed by atoms with Gasteiger partial charge in [-0.25, -0.2) is 0 Å². The summed E-state index contributed by atoms with van der Waals surface area (Å²) in [5, 5.41) is 0. The molecular formula is C10H9BrN2S. The number of fused-ring (bicyclic) bond motifs is 1. The zero-order valence-corrected chi connectivity index (χ0v) is 9.86. The second-order valence-corrected chi connectivity index (χ2v) is 4.56. The van der Waals surface area contributed by atoms with Crippen LogP contribution in [0, 0.1) is 4.77 Å². The molecule has 2 nitrogen and oxygen atoms in total. The highest BCUT2D eigenvalue weighted by Gasteiger charge is 2.02. The minimum absolute atomic E-state index is 0.697. The van der Waals surface area contributed by atoms with E-state index in [1.165, 1.54) is 0 Å². The lowest BCUT2D eigenvalue weighted by atomic mass is 10.3. The number of aromatic amines is 1. The van der Waals surface area contributed by atoms with Crippen LogP contribution in [0.15, 0.2) is 35.3 Å². The van der Waals surface area contributed by atoms with Crippen molar-refractivity contribution in [2.75, 3.05) is 0 Å². The fraction of sp³-hybridized carbons (Fsp3) is 0.100. The summed E-state index contributed by atoms with van der Waals surface area (Å²) in [7, 11) is 0. The Balaban J connectivity index is 2.68. The molecule has 1 N–H and O–H groups in total. The first kappa shape index (κ1) is 9.68. The molecule has 1 heterocycles. The molecule has 1 aromatic heterocycles. The van der Waals surface area contributed by atoms with Crippen LogP contribution in [-0.2, 0) is 6.54 Å². The van der Waals surface area contributed by atoms with Crippen molar-refractivity contribution in [3.63, 3.8) is 0 Å². The van der Waals surface area contributed by atoms with Gasteiger partial charge in [-0.1, -0.05) is 34.6 Å². The Hall–Kier alpha value is -0.870. The summed E-state index contributed by atoms with van der Waals surface area (Å²) in [6.07, 6.45) is 0. The van der Waals surface area contributed by atoms with Crippen molar-refractivity contribution >= 4 is 39.2 Å². The van der Waals surface area contributed by atoms with Gasteiger partial charge in [-0.15, -0.1) is 0 Å². The van der Waals surface area contributed by atoms with Gasteiger partial charge in [0.15, 0.2) is 4.77 Å². The molecule has 0 unspecified atom stereocenters. The van der Waals surface area contributed by atoms with Crippen molar-refractivity contribution in [3.05, 3.63) is 40.1 Å². The van der Waals surface area contributed by atoms with E-state index in [-0.39, 0.29) is 0 Å². The van der Waals surface area contributed by atoms with E-state index in [9.17, 15) is 0 Å². The Morgan fingerprint density at radius 1 is 1.50 bits per heavy atom. The van der Waals surface area contributed by atoms with Crippen molar-refractivity contribution in [1.29, 1.82) is 0 Å². The lowest BCUT2D eigenvalue weighted by Gasteiger charge is -2.01. The smallest absolute Gasteiger partial charge is 0.178 e. The molecule has 1 aromatic carbocycles. The number of hydrogen-bond donors (Lipinski definition) is 1. The SMILES string of the molecule is C=C(Br)Cn1c(=S)[nH]c2ccccc21. The first-order valence-electron chi connectivity index (χ1n) is 4.19. The molecular weight excluding hydrogens is 260 g/mol. The highest BCUT2D eigenvalue weighted by Crippen LogP contribution is 2.16. The third kappa shape index (κ3) is 1.67. The van der Waals surface area contributed by atoms with E-state index in [4.69, 9.17) is 12.2 Å². The number of nitrogens with zero attached hydrogens (tertiary/aromatic N) is 1. The Kier molecular flexibility index (Phi) is 2.56. The lowest BCUT2D eigenvalue weighted by Crippen LogP contribution is -1.96. The molecule has 72 valence electrons. The minimum atomic E-state index is 0.697. The van der Waals surface area contributed by atoms with Crippen LogP contribution in [0.2, 0.25) is 0 Å². The van der Waals surface area contributed by atoms with Gasteiger partial charge >= 0.3 is 0 Å². The van der Waals surface area contributed by atoms with E-state index < -0.39 is 0 Å². The number of rotatable bonds is 2. The first-order valence-corrected chi connectivity index (χ1v) is 5.39. The second kappa shape index (κ2) is 3.71. The average molecular weight is 269 g/mol. The van der Waals surface area contributed by atoms with E-state index >= 15 is 0 Å². The molecule has 0 aliphatic carbocycles. The normalized spacial score (nSPS) is 10.6. The maximum Gasteiger partial charge on any atom is 0.178 e. The number of aromatic nitrogens is 2. The molecule has 0 aliphatic heterocycles. The summed E-state index contributed by atoms with van der Waals surface area (Å²) in [6.45, 7) is 4.51. The Labute approximate surface area is 95.4 Å². The lowest BCUT2D eigenvalue weighted by molar-refractivity contribution is 0.829. The topological polar surface area (TPSA) is 20.7 Å². The van der Waals surface area contributed by atoms with Crippen LogP contribution in [0.4, 0.5) is 0 Å². The first-order chi connectivity index (χ1) is 6.68. The van der Waals surface area contributed by atoms with Crippen LogP contribution in [0.1, 0.15) is 0 Å². The molecule has 2 aromatic rings. The van der Waals surface area contributed by atoms with E-state index in [0.717, 1.165) is 20.3 Å². The maximum atomic E-state index is 5.22. The minimum Gasteiger partial charge on any atom is -0.331 e. The van der Waals surface area contributed by atoms with Crippen molar-refractivity contribution in [2.24, 2.45) is 0 Å². The maximum absolute atomic E-state index is 5.22. The quantitative estimate of drug-likeness (QED) is 0.826. The fourth-order valence-electron chi connectivity index (χ4n) is 1.44. The molecule has 0 saturated heterocycles. The summed E-state index contributed by atoms with van der Waals surface area (Å²) < 4.78 is 3.66. The van der Waals surface area contributed by atoms with Gasteiger partial charge in [0.1, 0.15) is 0 Å². The largest absolute Gasteiger partial charge is 0.331 e. The Morgan fingerprint density at radius 3 is 2.93 bits per heavy atom. The summed E-state index contributed by atoms with van der Waals surface area (Å²) in [6, 6.07) is 8.04. The standard InChI is InChI=1S/C10H9BrN2S/c1-7(11)6-13-9-5-3-2-4-8(9)12-10(13)14/h2-5H,1,6H2,(H,12,14). The molecule has 2 rings (SSSR count). The van der Waals surface area contributed by atoms with Gasteiger partial charge in [0.2, 0.25) is 0 Å². The van der Waals surface area contributed by atoms with Crippen molar-refractivity contribution < 1.29 is 0 Å². The van der Waals surface area contributed by atoms with Crippen LogP contribution in [0.3, 0.4) is 0 Å². The Bertz CT molecular complexity index is 538. The van der Waals surface area contributed by atoms with Crippen LogP contribution >= 0.6 is 28.1 Å². The van der Waals surface area contributed by atoms with Gasteiger partial charge in [0, 0.05) is 4.48 Å². The number of H-pyrrole nitrogens is 1. The number of halogens is 1. The molecule has 0 saturated carbocycles. The van der Waals surface area contributed by atoms with Crippen molar-refractivity contribution in [2.45, 2.75) is 6.54 Å². The molecule has 0 atom stereocenters. The average Bonchev–Trinajstić information content (AvgIpc) is 2.43. The highest BCUT2D eigenvalue weighted by molar-refractivity contribution is 9.11. The third-order valence-electron chi connectivity index (χ3n) is 2.01. The van der Waals surface area contributed by atoms with E-state index in [1.54, 1.807) is 0 Å². The highest BCUT2D eigenvalue weighted by atomic mass is 79.9. The predicted octanol–water partition coefficient (Wildman–Crippen LogP) is 3.61. The molecule has 0 fully saturated rings. The fourth-order valence-corrected chi connectivity index (χ4v) is 1.96. The summed E-state index contributed by atoms with van der Waals surface area (Å²) in [5.74, 6) is 0. The van der Waals surface area contributed by atoms with Gasteiger partial charge in [-0.3, -0.25) is 0 Å². The van der Waals surface area contributed by atoms with Gasteiger partial charge in [-0.2, -0.15) is 0 Å². The third-order valence-corrected chi connectivity index (χ3v) is 2.58. The monoisotopic (exact) mass is 268 g/mol. The van der Waals surface area contributed by atoms with E-state index in [0.29, 0.717) is 6.54 Å². The number of hydrogen-bond acceptors (Lipinski definition) is 1. The molecule has 4 heteroatoms. The second-order valence-electron chi connectivity index (χ2n) is 3.05. The van der Waals surface area contributed by atoms with Crippen LogP contribution in [0.25, 0.3) is 11.0 Å². The van der Waals surface area contributed by atoms with Gasteiger partial charge in [0.25, 0.3) is 0 Å².